The van der Waals surface area contributed by atoms with E-state index in [1.165, 1.54) is 6.07 Å². The summed E-state index contributed by atoms with van der Waals surface area (Å²) in [5.74, 6) is -0.196. The number of rotatable bonds is 4. The Morgan fingerprint density at radius 2 is 1.93 bits per heavy atom. The molecule has 3 heterocycles. The number of benzene rings is 1. The first-order valence-corrected chi connectivity index (χ1v) is 9.22. The maximum Gasteiger partial charge on any atom is 0.417 e. The average molecular weight is 421 g/mol. The highest BCUT2D eigenvalue weighted by Gasteiger charge is 2.31. The molecule has 1 fully saturated rings. The molecule has 1 saturated heterocycles. The number of anilines is 2. The second-order valence-corrected chi connectivity index (χ2v) is 6.85. The van der Waals surface area contributed by atoms with Gasteiger partial charge < -0.3 is 19.5 Å². The third-order valence-electron chi connectivity index (χ3n) is 4.90. The van der Waals surface area contributed by atoms with Crippen molar-refractivity contribution in [3.05, 3.63) is 52.6 Å². The van der Waals surface area contributed by atoms with Crippen molar-refractivity contribution in [1.29, 1.82) is 0 Å². The standard InChI is InChI=1S/C19H18F3N5O3/c20-19(21,22)12-1-4-16(24-10-12)26-5-7-27(8-6-26)17(28)11-23-13-2-3-14-15(9-13)30-18(29)25-14/h1-4,9-10,23H,5-8,11H2,(H,25,29). The van der Waals surface area contributed by atoms with Crippen LogP contribution >= 0.6 is 0 Å². The molecule has 0 aliphatic carbocycles. The number of aromatic nitrogens is 2. The van der Waals surface area contributed by atoms with Gasteiger partial charge in [0.25, 0.3) is 0 Å². The number of alkyl halides is 3. The van der Waals surface area contributed by atoms with E-state index in [4.69, 9.17) is 4.42 Å². The molecule has 2 N–H and O–H groups in total. The van der Waals surface area contributed by atoms with Crippen molar-refractivity contribution in [3.8, 4) is 0 Å². The fourth-order valence-corrected chi connectivity index (χ4v) is 3.27. The number of hydrogen-bond acceptors (Lipinski definition) is 6. The molecule has 0 spiro atoms. The number of fused-ring (bicyclic) bond motifs is 1. The predicted molar refractivity (Wildman–Crippen MR) is 103 cm³/mol. The summed E-state index contributed by atoms with van der Waals surface area (Å²) >= 11 is 0. The normalized spacial score (nSPS) is 14.9. The van der Waals surface area contributed by atoms with E-state index in [2.05, 4.69) is 15.3 Å². The molecule has 1 aliphatic rings. The van der Waals surface area contributed by atoms with Gasteiger partial charge in [0.1, 0.15) is 5.82 Å². The molecule has 0 atom stereocenters. The van der Waals surface area contributed by atoms with Crippen molar-refractivity contribution in [1.82, 2.24) is 14.9 Å². The number of hydrogen-bond donors (Lipinski definition) is 2. The fourth-order valence-electron chi connectivity index (χ4n) is 3.27. The second-order valence-electron chi connectivity index (χ2n) is 6.85. The summed E-state index contributed by atoms with van der Waals surface area (Å²) in [6, 6.07) is 7.40. The van der Waals surface area contributed by atoms with E-state index in [1.807, 2.05) is 4.90 Å². The zero-order chi connectivity index (χ0) is 21.3. The first kappa shape index (κ1) is 19.8. The first-order chi connectivity index (χ1) is 14.3. The molecule has 1 amide bonds. The minimum Gasteiger partial charge on any atom is -0.408 e. The van der Waals surface area contributed by atoms with E-state index in [-0.39, 0.29) is 12.5 Å². The number of nitrogens with zero attached hydrogens (tertiary/aromatic N) is 3. The van der Waals surface area contributed by atoms with Gasteiger partial charge in [-0.25, -0.2) is 9.78 Å². The highest BCUT2D eigenvalue weighted by molar-refractivity contribution is 5.83. The Balaban J connectivity index is 1.30. The van der Waals surface area contributed by atoms with E-state index in [1.54, 1.807) is 23.1 Å². The molecule has 8 nitrogen and oxygen atoms in total. The highest BCUT2D eigenvalue weighted by atomic mass is 19.4. The number of H-pyrrole nitrogens is 1. The van der Waals surface area contributed by atoms with Crippen LogP contribution in [0.1, 0.15) is 5.56 Å². The summed E-state index contributed by atoms with van der Waals surface area (Å²) in [6.07, 6.45) is -3.60. The number of nitrogens with one attached hydrogen (secondary N) is 2. The summed E-state index contributed by atoms with van der Waals surface area (Å²) in [5.41, 5.74) is 0.828. The number of carbonyl (C=O) groups is 1. The van der Waals surface area contributed by atoms with E-state index in [9.17, 15) is 22.8 Å². The summed E-state index contributed by atoms with van der Waals surface area (Å²) in [5, 5.41) is 3.01. The molecule has 0 bridgehead atoms. The van der Waals surface area contributed by atoms with Crippen LogP contribution in [0.3, 0.4) is 0 Å². The lowest BCUT2D eigenvalue weighted by Crippen LogP contribution is -2.50. The van der Waals surface area contributed by atoms with Crippen molar-refractivity contribution in [2.24, 2.45) is 0 Å². The Bertz CT molecular complexity index is 1100. The molecule has 158 valence electrons. The molecule has 1 aromatic carbocycles. The lowest BCUT2D eigenvalue weighted by molar-refractivity contribution is -0.137. The SMILES string of the molecule is O=C(CNc1ccc2[nH]c(=O)oc2c1)N1CCN(c2ccc(C(F)(F)F)cn2)CC1. The van der Waals surface area contributed by atoms with Gasteiger partial charge in [0.15, 0.2) is 5.58 Å². The van der Waals surface area contributed by atoms with Crippen molar-refractivity contribution < 1.29 is 22.4 Å². The van der Waals surface area contributed by atoms with Gasteiger partial charge in [-0.05, 0) is 24.3 Å². The van der Waals surface area contributed by atoms with Crippen LogP contribution in [-0.2, 0) is 11.0 Å². The van der Waals surface area contributed by atoms with E-state index >= 15 is 0 Å². The molecule has 11 heteroatoms. The second kappa shape index (κ2) is 7.73. The minimum absolute atomic E-state index is 0.0681. The zero-order valence-electron chi connectivity index (χ0n) is 15.7. The molecule has 1 aliphatic heterocycles. The molecule has 0 radical (unpaired) electrons. The Labute approximate surface area is 168 Å². The smallest absolute Gasteiger partial charge is 0.408 e. The van der Waals surface area contributed by atoms with Crippen LogP contribution in [0, 0.1) is 0 Å². The van der Waals surface area contributed by atoms with Crippen molar-refractivity contribution in [3.63, 3.8) is 0 Å². The number of piperazine rings is 1. The summed E-state index contributed by atoms with van der Waals surface area (Å²) in [6.45, 7) is 1.90. The van der Waals surface area contributed by atoms with Gasteiger partial charge in [0, 0.05) is 44.1 Å². The molecule has 0 saturated carbocycles. The summed E-state index contributed by atoms with van der Waals surface area (Å²) < 4.78 is 42.9. The van der Waals surface area contributed by atoms with Crippen molar-refractivity contribution in [2.45, 2.75) is 6.18 Å². The number of amides is 1. The number of pyridine rings is 1. The maximum atomic E-state index is 12.7. The van der Waals surface area contributed by atoms with Gasteiger partial charge in [-0.2, -0.15) is 13.2 Å². The minimum atomic E-state index is -4.42. The van der Waals surface area contributed by atoms with Crippen LogP contribution in [0.4, 0.5) is 24.7 Å². The van der Waals surface area contributed by atoms with Gasteiger partial charge in [-0.1, -0.05) is 0 Å². The van der Waals surface area contributed by atoms with Crippen LogP contribution in [0.25, 0.3) is 11.1 Å². The number of oxazole rings is 1. The van der Waals surface area contributed by atoms with Crippen molar-refractivity contribution >= 4 is 28.5 Å². The van der Waals surface area contributed by atoms with Crippen LogP contribution < -0.4 is 16.0 Å². The quantitative estimate of drug-likeness (QED) is 0.672. The van der Waals surface area contributed by atoms with E-state index in [0.29, 0.717) is 48.8 Å². The van der Waals surface area contributed by atoms with Gasteiger partial charge in [-0.15, -0.1) is 0 Å². The van der Waals surface area contributed by atoms with Crippen LogP contribution in [0.5, 0.6) is 0 Å². The lowest BCUT2D eigenvalue weighted by atomic mass is 10.2. The third kappa shape index (κ3) is 4.24. The largest absolute Gasteiger partial charge is 0.417 e. The van der Waals surface area contributed by atoms with Crippen LogP contribution in [-0.4, -0.2) is 53.5 Å². The summed E-state index contributed by atoms with van der Waals surface area (Å²) in [4.78, 5) is 33.6. The predicted octanol–water partition coefficient (Wildman–Crippen LogP) is 2.30. The van der Waals surface area contributed by atoms with Crippen LogP contribution in [0.15, 0.2) is 45.7 Å². The van der Waals surface area contributed by atoms with Gasteiger partial charge in [-0.3, -0.25) is 9.78 Å². The molecule has 3 aromatic rings. The highest BCUT2D eigenvalue weighted by Crippen LogP contribution is 2.29. The number of halogens is 3. The molecular weight excluding hydrogens is 403 g/mol. The first-order valence-electron chi connectivity index (χ1n) is 9.22. The maximum absolute atomic E-state index is 12.7. The van der Waals surface area contributed by atoms with Gasteiger partial charge in [0.2, 0.25) is 5.91 Å². The van der Waals surface area contributed by atoms with E-state index < -0.39 is 17.5 Å². The van der Waals surface area contributed by atoms with Crippen molar-refractivity contribution in [2.75, 3.05) is 42.9 Å². The summed E-state index contributed by atoms with van der Waals surface area (Å²) in [7, 11) is 0. The van der Waals surface area contributed by atoms with Gasteiger partial charge >= 0.3 is 11.9 Å². The number of carbonyl (C=O) groups excluding carboxylic acids is 1. The van der Waals surface area contributed by atoms with Crippen LogP contribution in [0.2, 0.25) is 0 Å². The molecule has 2 aromatic heterocycles. The Hall–Kier alpha value is -3.50. The monoisotopic (exact) mass is 421 g/mol. The number of aromatic amines is 1. The Kier molecular flexibility index (Phi) is 5.10. The lowest BCUT2D eigenvalue weighted by Gasteiger charge is -2.35. The molecule has 4 rings (SSSR count). The third-order valence-corrected chi connectivity index (χ3v) is 4.90. The Morgan fingerprint density at radius 1 is 1.17 bits per heavy atom. The molecular formula is C19H18F3N5O3. The van der Waals surface area contributed by atoms with E-state index in [0.717, 1.165) is 12.3 Å². The molecule has 30 heavy (non-hydrogen) atoms. The topological polar surface area (TPSA) is 94.5 Å². The van der Waals surface area contributed by atoms with Gasteiger partial charge in [0.05, 0.1) is 17.6 Å². The Morgan fingerprint density at radius 3 is 2.60 bits per heavy atom. The fraction of sp³-hybridized carbons (Fsp3) is 0.316. The molecule has 0 unspecified atom stereocenters. The zero-order valence-corrected chi connectivity index (χ0v) is 15.7. The average Bonchev–Trinajstić information content (AvgIpc) is 3.11.